The zero-order valence-corrected chi connectivity index (χ0v) is 13.3. The lowest BCUT2D eigenvalue weighted by molar-refractivity contribution is -0.120. The van der Waals surface area contributed by atoms with Crippen LogP contribution in [0.15, 0.2) is 48.5 Å². The normalized spacial score (nSPS) is 11.1. The standard InChI is InChI=1S/C18H21FN2O2/c1-18(2,13-4-3-5-14(19)12-13)17(22)21-15-6-8-16(9-7-15)23-11-10-20/h3-9,12H,10-11,20H2,1-2H3,(H,21,22). The van der Waals surface area contributed by atoms with Crippen molar-refractivity contribution in [3.8, 4) is 5.75 Å². The van der Waals surface area contributed by atoms with Gasteiger partial charge < -0.3 is 15.8 Å². The summed E-state index contributed by atoms with van der Waals surface area (Å²) in [7, 11) is 0. The molecule has 0 aliphatic rings. The van der Waals surface area contributed by atoms with Gasteiger partial charge in [0.2, 0.25) is 5.91 Å². The van der Waals surface area contributed by atoms with Crippen LogP contribution in [0, 0.1) is 5.82 Å². The molecule has 0 aliphatic heterocycles. The molecule has 0 atom stereocenters. The Kier molecular flexibility index (Phi) is 5.34. The lowest BCUT2D eigenvalue weighted by Crippen LogP contribution is -2.34. The maximum atomic E-state index is 13.4. The molecule has 0 fully saturated rings. The minimum atomic E-state index is -0.850. The monoisotopic (exact) mass is 316 g/mol. The molecule has 0 saturated heterocycles. The molecule has 0 unspecified atom stereocenters. The molecule has 122 valence electrons. The number of halogens is 1. The summed E-state index contributed by atoms with van der Waals surface area (Å²) >= 11 is 0. The zero-order chi connectivity index (χ0) is 16.9. The van der Waals surface area contributed by atoms with Gasteiger partial charge in [0.25, 0.3) is 0 Å². The van der Waals surface area contributed by atoms with Crippen LogP contribution in [0.5, 0.6) is 5.75 Å². The summed E-state index contributed by atoms with van der Waals surface area (Å²) in [5.74, 6) is 0.126. The number of anilines is 1. The van der Waals surface area contributed by atoms with Crippen molar-refractivity contribution in [2.75, 3.05) is 18.5 Å². The highest BCUT2D eigenvalue weighted by molar-refractivity contribution is 5.98. The van der Waals surface area contributed by atoms with E-state index in [1.165, 1.54) is 12.1 Å². The topological polar surface area (TPSA) is 64.3 Å². The number of rotatable bonds is 6. The van der Waals surface area contributed by atoms with Crippen molar-refractivity contribution in [3.63, 3.8) is 0 Å². The molecule has 0 aromatic heterocycles. The molecule has 2 rings (SSSR count). The molecule has 0 radical (unpaired) electrons. The fourth-order valence-corrected chi connectivity index (χ4v) is 2.11. The Balaban J connectivity index is 2.08. The number of hydrogen-bond donors (Lipinski definition) is 2. The SMILES string of the molecule is CC(C)(C(=O)Nc1ccc(OCCN)cc1)c1cccc(F)c1. The zero-order valence-electron chi connectivity index (χ0n) is 13.3. The fraction of sp³-hybridized carbons (Fsp3) is 0.278. The first-order chi connectivity index (χ1) is 10.9. The fourth-order valence-electron chi connectivity index (χ4n) is 2.11. The van der Waals surface area contributed by atoms with Crippen LogP contribution in [0.25, 0.3) is 0 Å². The third kappa shape index (κ3) is 4.29. The Bertz CT molecular complexity index is 669. The molecular weight excluding hydrogens is 295 g/mol. The molecule has 0 heterocycles. The second-order valence-electron chi connectivity index (χ2n) is 5.75. The summed E-state index contributed by atoms with van der Waals surface area (Å²) in [5, 5.41) is 2.84. The number of nitrogens with one attached hydrogen (secondary N) is 1. The predicted molar refractivity (Wildman–Crippen MR) is 89.0 cm³/mol. The van der Waals surface area contributed by atoms with Crippen molar-refractivity contribution in [2.45, 2.75) is 19.3 Å². The number of carbonyl (C=O) groups excluding carboxylic acids is 1. The van der Waals surface area contributed by atoms with Crippen LogP contribution in [-0.2, 0) is 10.2 Å². The van der Waals surface area contributed by atoms with Gasteiger partial charge in [-0.25, -0.2) is 4.39 Å². The minimum Gasteiger partial charge on any atom is -0.492 e. The number of ether oxygens (including phenoxy) is 1. The van der Waals surface area contributed by atoms with Crippen LogP contribution in [0.3, 0.4) is 0 Å². The number of nitrogens with two attached hydrogens (primary N) is 1. The van der Waals surface area contributed by atoms with E-state index in [1.807, 2.05) is 0 Å². The van der Waals surface area contributed by atoms with Crippen molar-refractivity contribution < 1.29 is 13.9 Å². The lowest BCUT2D eigenvalue weighted by atomic mass is 9.83. The van der Waals surface area contributed by atoms with Gasteiger partial charge in [0.15, 0.2) is 0 Å². The van der Waals surface area contributed by atoms with Gasteiger partial charge in [-0.1, -0.05) is 12.1 Å². The lowest BCUT2D eigenvalue weighted by Gasteiger charge is -2.24. The Hall–Kier alpha value is -2.40. The smallest absolute Gasteiger partial charge is 0.234 e. The third-order valence-corrected chi connectivity index (χ3v) is 3.61. The summed E-state index contributed by atoms with van der Waals surface area (Å²) in [5.41, 5.74) is 5.80. The van der Waals surface area contributed by atoms with Gasteiger partial charge in [-0.3, -0.25) is 4.79 Å². The summed E-state index contributed by atoms with van der Waals surface area (Å²) in [4.78, 5) is 12.5. The van der Waals surface area contributed by atoms with E-state index in [-0.39, 0.29) is 11.7 Å². The van der Waals surface area contributed by atoms with Gasteiger partial charge in [-0.05, 0) is 55.8 Å². The van der Waals surface area contributed by atoms with E-state index in [0.717, 1.165) is 0 Å². The Labute approximate surface area is 135 Å². The average molecular weight is 316 g/mol. The van der Waals surface area contributed by atoms with Crippen molar-refractivity contribution >= 4 is 11.6 Å². The molecule has 0 bridgehead atoms. The van der Waals surface area contributed by atoms with E-state index in [0.29, 0.717) is 30.2 Å². The Morgan fingerprint density at radius 3 is 2.52 bits per heavy atom. The molecule has 0 spiro atoms. The van der Waals surface area contributed by atoms with E-state index >= 15 is 0 Å². The highest BCUT2D eigenvalue weighted by atomic mass is 19.1. The Morgan fingerprint density at radius 1 is 1.22 bits per heavy atom. The second-order valence-corrected chi connectivity index (χ2v) is 5.75. The van der Waals surface area contributed by atoms with E-state index in [9.17, 15) is 9.18 Å². The Morgan fingerprint density at radius 2 is 1.91 bits per heavy atom. The van der Waals surface area contributed by atoms with Gasteiger partial charge in [-0.15, -0.1) is 0 Å². The van der Waals surface area contributed by atoms with Crippen LogP contribution >= 0.6 is 0 Å². The molecule has 2 aromatic carbocycles. The molecule has 0 saturated carbocycles. The van der Waals surface area contributed by atoms with Gasteiger partial charge in [0.1, 0.15) is 18.2 Å². The summed E-state index contributed by atoms with van der Waals surface area (Å²) in [6, 6.07) is 13.1. The highest BCUT2D eigenvalue weighted by Gasteiger charge is 2.30. The molecular formula is C18H21FN2O2. The summed E-state index contributed by atoms with van der Waals surface area (Å²) in [6.45, 7) is 4.41. The van der Waals surface area contributed by atoms with Crippen LogP contribution in [0.1, 0.15) is 19.4 Å². The molecule has 0 aliphatic carbocycles. The van der Waals surface area contributed by atoms with E-state index in [2.05, 4.69) is 5.32 Å². The molecule has 2 aromatic rings. The maximum absolute atomic E-state index is 13.4. The van der Waals surface area contributed by atoms with E-state index in [4.69, 9.17) is 10.5 Å². The van der Waals surface area contributed by atoms with E-state index < -0.39 is 5.41 Å². The van der Waals surface area contributed by atoms with Crippen LogP contribution in [0.4, 0.5) is 10.1 Å². The first-order valence-corrected chi connectivity index (χ1v) is 7.44. The first-order valence-electron chi connectivity index (χ1n) is 7.44. The number of carbonyl (C=O) groups is 1. The quantitative estimate of drug-likeness (QED) is 0.861. The molecule has 5 heteroatoms. The van der Waals surface area contributed by atoms with Gasteiger partial charge >= 0.3 is 0 Å². The van der Waals surface area contributed by atoms with E-state index in [1.54, 1.807) is 50.2 Å². The first kappa shape index (κ1) is 17.0. The molecule has 23 heavy (non-hydrogen) atoms. The van der Waals surface area contributed by atoms with Crippen molar-refractivity contribution in [3.05, 3.63) is 59.9 Å². The highest BCUT2D eigenvalue weighted by Crippen LogP contribution is 2.26. The van der Waals surface area contributed by atoms with Gasteiger partial charge in [0, 0.05) is 12.2 Å². The number of hydrogen-bond acceptors (Lipinski definition) is 3. The number of benzene rings is 2. The van der Waals surface area contributed by atoms with Crippen LogP contribution in [-0.4, -0.2) is 19.1 Å². The third-order valence-electron chi connectivity index (χ3n) is 3.61. The van der Waals surface area contributed by atoms with Crippen molar-refractivity contribution in [2.24, 2.45) is 5.73 Å². The largest absolute Gasteiger partial charge is 0.492 e. The van der Waals surface area contributed by atoms with Gasteiger partial charge in [-0.2, -0.15) is 0 Å². The predicted octanol–water partition coefficient (Wildman–Crippen LogP) is 3.08. The average Bonchev–Trinajstić information content (AvgIpc) is 2.54. The van der Waals surface area contributed by atoms with Crippen molar-refractivity contribution in [1.82, 2.24) is 0 Å². The minimum absolute atomic E-state index is 0.210. The number of amides is 1. The second kappa shape index (κ2) is 7.24. The van der Waals surface area contributed by atoms with Gasteiger partial charge in [0.05, 0.1) is 5.41 Å². The molecule has 4 nitrogen and oxygen atoms in total. The maximum Gasteiger partial charge on any atom is 0.234 e. The molecule has 1 amide bonds. The molecule has 3 N–H and O–H groups in total. The van der Waals surface area contributed by atoms with Crippen LogP contribution < -0.4 is 15.8 Å². The summed E-state index contributed by atoms with van der Waals surface area (Å²) < 4.78 is 18.8. The van der Waals surface area contributed by atoms with Crippen molar-refractivity contribution in [1.29, 1.82) is 0 Å². The summed E-state index contributed by atoms with van der Waals surface area (Å²) in [6.07, 6.45) is 0. The van der Waals surface area contributed by atoms with Crippen LogP contribution in [0.2, 0.25) is 0 Å².